The van der Waals surface area contributed by atoms with Crippen LogP contribution in [0.5, 0.6) is 0 Å². The second-order valence-corrected chi connectivity index (χ2v) is 5.32. The second kappa shape index (κ2) is 7.17. The monoisotopic (exact) mass is 321 g/mol. The molecule has 1 aliphatic heterocycles. The number of rotatable bonds is 5. The number of amides is 1. The summed E-state index contributed by atoms with van der Waals surface area (Å²) in [4.78, 5) is 24.4. The van der Waals surface area contributed by atoms with Gasteiger partial charge in [-0.15, -0.1) is 6.58 Å². The van der Waals surface area contributed by atoms with Crippen molar-refractivity contribution in [2.24, 2.45) is 0 Å². The van der Waals surface area contributed by atoms with E-state index in [-0.39, 0.29) is 17.9 Å². The van der Waals surface area contributed by atoms with Gasteiger partial charge in [0.05, 0.1) is 12.1 Å². The third-order valence-corrected chi connectivity index (χ3v) is 3.81. The highest BCUT2D eigenvalue weighted by atomic mass is 19.1. The number of carbonyl (C=O) groups is 2. The SMILES string of the molecule is C=CCC(=O)N1[C@@H](C=CC(=O)O)CC[C@H]1c1cc(F)ccc1F. The number of benzene rings is 1. The van der Waals surface area contributed by atoms with Crippen LogP contribution >= 0.6 is 0 Å². The number of carboxylic acids is 1. The summed E-state index contributed by atoms with van der Waals surface area (Å²) < 4.78 is 27.5. The normalized spacial score (nSPS) is 20.9. The number of hydrogen-bond acceptors (Lipinski definition) is 2. The number of halogens is 2. The van der Waals surface area contributed by atoms with Gasteiger partial charge in [-0.2, -0.15) is 0 Å². The molecule has 2 rings (SSSR count). The van der Waals surface area contributed by atoms with E-state index in [1.54, 1.807) is 0 Å². The van der Waals surface area contributed by atoms with Crippen LogP contribution in [0.1, 0.15) is 30.9 Å². The molecule has 1 heterocycles. The van der Waals surface area contributed by atoms with Crippen LogP contribution in [-0.4, -0.2) is 27.9 Å². The zero-order chi connectivity index (χ0) is 17.0. The van der Waals surface area contributed by atoms with Crippen molar-refractivity contribution in [1.82, 2.24) is 4.90 Å². The van der Waals surface area contributed by atoms with Crippen molar-refractivity contribution in [3.63, 3.8) is 0 Å². The zero-order valence-electron chi connectivity index (χ0n) is 12.4. The molecule has 4 nitrogen and oxygen atoms in total. The van der Waals surface area contributed by atoms with Crippen LogP contribution in [-0.2, 0) is 9.59 Å². The molecule has 1 amide bonds. The summed E-state index contributed by atoms with van der Waals surface area (Å²) in [6.45, 7) is 3.51. The maximum Gasteiger partial charge on any atom is 0.328 e. The van der Waals surface area contributed by atoms with Crippen molar-refractivity contribution in [2.75, 3.05) is 0 Å². The first-order valence-electron chi connectivity index (χ1n) is 7.22. The molecule has 0 saturated carbocycles. The van der Waals surface area contributed by atoms with Crippen molar-refractivity contribution >= 4 is 11.9 Å². The fourth-order valence-electron chi connectivity index (χ4n) is 2.88. The number of hydrogen-bond donors (Lipinski definition) is 1. The minimum absolute atomic E-state index is 0.0465. The average Bonchev–Trinajstić information content (AvgIpc) is 2.91. The molecule has 0 unspecified atom stereocenters. The summed E-state index contributed by atoms with van der Waals surface area (Å²) in [5.41, 5.74) is 0.105. The Morgan fingerprint density at radius 2 is 2.09 bits per heavy atom. The van der Waals surface area contributed by atoms with Crippen LogP contribution in [0, 0.1) is 11.6 Å². The van der Waals surface area contributed by atoms with Crippen LogP contribution in [0.4, 0.5) is 8.78 Å². The number of likely N-dealkylation sites (tertiary alicyclic amines) is 1. The largest absolute Gasteiger partial charge is 0.478 e. The number of carboxylic acid groups (broad SMARTS) is 1. The predicted octanol–water partition coefficient (Wildman–Crippen LogP) is 3.21. The number of nitrogens with zero attached hydrogens (tertiary/aromatic N) is 1. The van der Waals surface area contributed by atoms with Gasteiger partial charge in [-0.25, -0.2) is 13.6 Å². The summed E-state index contributed by atoms with van der Waals surface area (Å²) in [7, 11) is 0. The maximum absolute atomic E-state index is 14.0. The van der Waals surface area contributed by atoms with Crippen LogP contribution in [0.3, 0.4) is 0 Å². The van der Waals surface area contributed by atoms with Crippen LogP contribution in [0.2, 0.25) is 0 Å². The van der Waals surface area contributed by atoms with Crippen molar-refractivity contribution in [3.8, 4) is 0 Å². The minimum Gasteiger partial charge on any atom is -0.478 e. The van der Waals surface area contributed by atoms with E-state index in [1.165, 1.54) is 17.1 Å². The Morgan fingerprint density at radius 3 is 2.74 bits per heavy atom. The Kier molecular flexibility index (Phi) is 5.26. The third-order valence-electron chi connectivity index (χ3n) is 3.81. The van der Waals surface area contributed by atoms with Crippen molar-refractivity contribution in [3.05, 3.63) is 60.2 Å². The van der Waals surface area contributed by atoms with E-state index in [0.717, 1.165) is 24.3 Å². The Labute approximate surface area is 132 Å². The minimum atomic E-state index is -1.12. The Balaban J connectivity index is 2.37. The summed E-state index contributed by atoms with van der Waals surface area (Å²) in [5, 5.41) is 8.75. The molecule has 1 N–H and O–H groups in total. The van der Waals surface area contributed by atoms with Crippen molar-refractivity contribution in [2.45, 2.75) is 31.3 Å². The molecular formula is C17H17F2NO3. The average molecular weight is 321 g/mol. The van der Waals surface area contributed by atoms with E-state index >= 15 is 0 Å². The summed E-state index contributed by atoms with van der Waals surface area (Å²) in [6.07, 6.45) is 4.75. The Hall–Kier alpha value is -2.50. The van der Waals surface area contributed by atoms with Crippen molar-refractivity contribution in [1.29, 1.82) is 0 Å². The van der Waals surface area contributed by atoms with Gasteiger partial charge in [0.2, 0.25) is 5.91 Å². The maximum atomic E-state index is 14.0. The highest BCUT2D eigenvalue weighted by molar-refractivity contribution is 5.81. The lowest BCUT2D eigenvalue weighted by molar-refractivity contribution is -0.133. The first kappa shape index (κ1) is 16.9. The Morgan fingerprint density at radius 1 is 1.35 bits per heavy atom. The molecule has 1 aromatic carbocycles. The molecule has 1 aliphatic rings. The van der Waals surface area contributed by atoms with Gasteiger partial charge in [-0.3, -0.25) is 4.79 Å². The smallest absolute Gasteiger partial charge is 0.328 e. The van der Waals surface area contributed by atoms with E-state index in [4.69, 9.17) is 5.11 Å². The lowest BCUT2D eigenvalue weighted by Gasteiger charge is -2.29. The topological polar surface area (TPSA) is 57.6 Å². The van der Waals surface area contributed by atoms with Gasteiger partial charge in [0.1, 0.15) is 11.6 Å². The molecule has 0 bridgehead atoms. The molecular weight excluding hydrogens is 304 g/mol. The molecule has 0 aliphatic carbocycles. The fourth-order valence-corrected chi connectivity index (χ4v) is 2.88. The predicted molar refractivity (Wildman–Crippen MR) is 80.6 cm³/mol. The Bertz CT molecular complexity index is 657. The van der Waals surface area contributed by atoms with Gasteiger partial charge in [0.25, 0.3) is 0 Å². The summed E-state index contributed by atoms with van der Waals surface area (Å²) in [5.74, 6) is -2.59. The molecule has 0 spiro atoms. The van der Waals surface area contributed by atoms with Gasteiger partial charge in [-0.05, 0) is 31.0 Å². The molecule has 122 valence electrons. The zero-order valence-corrected chi connectivity index (χ0v) is 12.4. The highest BCUT2D eigenvalue weighted by Gasteiger charge is 2.37. The standard InChI is InChI=1S/C17H17F2NO3/c1-2-3-16(21)20-12(6-9-17(22)23)5-8-15(20)13-10-11(18)4-7-14(13)19/h2,4,6-7,9-10,12,15H,1,3,5,8H2,(H,22,23)/t12-,15+/m1/s1. The van der Waals surface area contributed by atoms with Gasteiger partial charge in [-0.1, -0.05) is 12.2 Å². The van der Waals surface area contributed by atoms with E-state index in [0.29, 0.717) is 12.8 Å². The molecule has 2 atom stereocenters. The molecule has 23 heavy (non-hydrogen) atoms. The van der Waals surface area contributed by atoms with E-state index in [2.05, 4.69) is 6.58 Å². The number of carbonyl (C=O) groups excluding carboxylic acids is 1. The summed E-state index contributed by atoms with van der Waals surface area (Å²) in [6, 6.07) is 2.04. The molecule has 1 saturated heterocycles. The van der Waals surface area contributed by atoms with E-state index in [1.807, 2.05) is 0 Å². The quantitative estimate of drug-likeness (QED) is 0.669. The fraction of sp³-hybridized carbons (Fsp3) is 0.294. The summed E-state index contributed by atoms with van der Waals surface area (Å²) >= 11 is 0. The van der Waals surface area contributed by atoms with E-state index in [9.17, 15) is 18.4 Å². The van der Waals surface area contributed by atoms with Crippen LogP contribution < -0.4 is 0 Å². The first-order valence-corrected chi connectivity index (χ1v) is 7.22. The van der Waals surface area contributed by atoms with Crippen LogP contribution in [0.15, 0.2) is 43.0 Å². The van der Waals surface area contributed by atoms with E-state index < -0.39 is 29.7 Å². The number of aliphatic carboxylic acids is 1. The van der Waals surface area contributed by atoms with Gasteiger partial charge >= 0.3 is 5.97 Å². The molecule has 1 fully saturated rings. The molecule has 0 aromatic heterocycles. The molecule has 6 heteroatoms. The molecule has 0 radical (unpaired) electrons. The lowest BCUT2D eigenvalue weighted by Crippen LogP contribution is -2.36. The van der Waals surface area contributed by atoms with Crippen molar-refractivity contribution < 1.29 is 23.5 Å². The third kappa shape index (κ3) is 3.83. The molecule has 1 aromatic rings. The van der Waals surface area contributed by atoms with Gasteiger partial charge in [0, 0.05) is 18.1 Å². The highest BCUT2D eigenvalue weighted by Crippen LogP contribution is 2.38. The lowest BCUT2D eigenvalue weighted by atomic mass is 10.0. The second-order valence-electron chi connectivity index (χ2n) is 5.32. The van der Waals surface area contributed by atoms with Gasteiger partial charge in [0.15, 0.2) is 0 Å². The van der Waals surface area contributed by atoms with Gasteiger partial charge < -0.3 is 10.0 Å². The van der Waals surface area contributed by atoms with Crippen LogP contribution in [0.25, 0.3) is 0 Å². The first-order chi connectivity index (χ1) is 10.9.